The van der Waals surface area contributed by atoms with Crippen LogP contribution in [0.1, 0.15) is 63.7 Å². The van der Waals surface area contributed by atoms with Gasteiger partial charge in [-0.1, -0.05) is 11.6 Å². The summed E-state index contributed by atoms with van der Waals surface area (Å²) in [4.78, 5) is 12.7. The number of hydrogen-bond donors (Lipinski definition) is 3. The molecule has 0 aliphatic carbocycles. The van der Waals surface area contributed by atoms with Crippen LogP contribution < -0.4 is 20.7 Å². The van der Waals surface area contributed by atoms with Gasteiger partial charge in [0.2, 0.25) is 0 Å². The summed E-state index contributed by atoms with van der Waals surface area (Å²) in [6.45, 7) is 10.6. The first-order valence-corrected chi connectivity index (χ1v) is 10.3. The Morgan fingerprint density at radius 1 is 1.22 bits per heavy atom. The predicted octanol–water partition coefficient (Wildman–Crippen LogP) is 3.51. The Balaban J connectivity index is 1.64. The van der Waals surface area contributed by atoms with Crippen molar-refractivity contribution in [3.05, 3.63) is 28.8 Å². The van der Waals surface area contributed by atoms with Crippen LogP contribution in [0, 0.1) is 0 Å². The van der Waals surface area contributed by atoms with Crippen molar-refractivity contribution < 1.29 is 9.53 Å². The molecular weight excluding hydrogens is 362 g/mol. The first kappa shape index (κ1) is 20.4. The zero-order valence-electron chi connectivity index (χ0n) is 16.8. The third-order valence-electron chi connectivity index (χ3n) is 5.26. The van der Waals surface area contributed by atoms with Crippen LogP contribution in [-0.4, -0.2) is 42.2 Å². The molecule has 0 saturated carbocycles. The molecule has 0 spiro atoms. The molecule has 6 heteroatoms. The smallest absolute Gasteiger partial charge is 0.251 e. The number of carbonyl (C=O) groups excluding carboxylic acids is 1. The highest BCUT2D eigenvalue weighted by Gasteiger charge is 2.38. The summed E-state index contributed by atoms with van der Waals surface area (Å²) in [5.74, 6) is 0.562. The fourth-order valence-corrected chi connectivity index (χ4v) is 4.76. The molecule has 5 nitrogen and oxygen atoms in total. The van der Waals surface area contributed by atoms with E-state index in [0.717, 1.165) is 38.8 Å². The Labute approximate surface area is 167 Å². The second-order valence-corrected chi connectivity index (χ2v) is 9.61. The van der Waals surface area contributed by atoms with E-state index in [1.165, 1.54) is 0 Å². The highest BCUT2D eigenvalue weighted by atomic mass is 35.5. The highest BCUT2D eigenvalue weighted by Crippen LogP contribution is 2.30. The van der Waals surface area contributed by atoms with Gasteiger partial charge in [-0.05, 0) is 78.1 Å². The van der Waals surface area contributed by atoms with E-state index in [9.17, 15) is 4.79 Å². The van der Waals surface area contributed by atoms with Gasteiger partial charge in [0.1, 0.15) is 11.9 Å². The maximum Gasteiger partial charge on any atom is 0.251 e. The monoisotopic (exact) mass is 393 g/mol. The van der Waals surface area contributed by atoms with Gasteiger partial charge in [0.05, 0.1) is 5.02 Å². The number of hydrogen-bond acceptors (Lipinski definition) is 4. The zero-order valence-corrected chi connectivity index (χ0v) is 17.6. The largest absolute Gasteiger partial charge is 0.488 e. The summed E-state index contributed by atoms with van der Waals surface area (Å²) in [5, 5.41) is 10.6. The highest BCUT2D eigenvalue weighted by molar-refractivity contribution is 6.32. The van der Waals surface area contributed by atoms with E-state index >= 15 is 0 Å². The number of benzene rings is 1. The molecule has 2 fully saturated rings. The molecule has 1 aromatic rings. The number of carbonyl (C=O) groups is 1. The lowest BCUT2D eigenvalue weighted by atomic mass is 9.79. The van der Waals surface area contributed by atoms with Gasteiger partial charge in [0.25, 0.3) is 5.91 Å². The molecule has 1 unspecified atom stereocenters. The molecule has 0 aromatic heterocycles. The fraction of sp³-hybridized carbons (Fsp3) is 0.667. The Morgan fingerprint density at radius 2 is 1.93 bits per heavy atom. The van der Waals surface area contributed by atoms with Crippen molar-refractivity contribution in [3.8, 4) is 5.75 Å². The predicted molar refractivity (Wildman–Crippen MR) is 110 cm³/mol. The first-order chi connectivity index (χ1) is 12.6. The van der Waals surface area contributed by atoms with Crippen molar-refractivity contribution in [2.75, 3.05) is 13.1 Å². The van der Waals surface area contributed by atoms with Gasteiger partial charge in [0, 0.05) is 29.2 Å². The quantitative estimate of drug-likeness (QED) is 0.732. The van der Waals surface area contributed by atoms with Crippen LogP contribution in [0.5, 0.6) is 5.75 Å². The topological polar surface area (TPSA) is 62.4 Å². The molecule has 3 N–H and O–H groups in total. The maximum atomic E-state index is 12.7. The minimum absolute atomic E-state index is 0.0108. The zero-order chi connectivity index (χ0) is 19.7. The minimum Gasteiger partial charge on any atom is -0.488 e. The van der Waals surface area contributed by atoms with Gasteiger partial charge < -0.3 is 20.7 Å². The summed E-state index contributed by atoms with van der Waals surface area (Å²) in [7, 11) is 0. The second kappa shape index (κ2) is 7.98. The van der Waals surface area contributed by atoms with Crippen LogP contribution in [0.15, 0.2) is 18.2 Å². The minimum atomic E-state index is -0.0821. The molecule has 3 rings (SSSR count). The third-order valence-corrected chi connectivity index (χ3v) is 5.56. The van der Waals surface area contributed by atoms with Crippen LogP contribution in [0.3, 0.4) is 0 Å². The Hall–Kier alpha value is -1.30. The Bertz CT molecular complexity index is 668. The molecule has 2 aliphatic rings. The average Bonchev–Trinajstić information content (AvgIpc) is 2.54. The summed E-state index contributed by atoms with van der Waals surface area (Å²) in [6.07, 6.45) is 4.05. The van der Waals surface area contributed by atoms with Crippen LogP contribution in [-0.2, 0) is 0 Å². The average molecular weight is 394 g/mol. The summed E-state index contributed by atoms with van der Waals surface area (Å²) in [6, 6.07) is 5.44. The van der Waals surface area contributed by atoms with Gasteiger partial charge in [-0.2, -0.15) is 0 Å². The lowest BCUT2D eigenvalue weighted by Crippen LogP contribution is -2.62. The van der Waals surface area contributed by atoms with E-state index in [4.69, 9.17) is 16.3 Å². The summed E-state index contributed by atoms with van der Waals surface area (Å²) in [5.41, 5.74) is 0.551. The molecule has 1 amide bonds. The number of ether oxygens (including phenoxy) is 1. The second-order valence-electron chi connectivity index (χ2n) is 9.20. The van der Waals surface area contributed by atoms with Gasteiger partial charge in [0.15, 0.2) is 0 Å². The van der Waals surface area contributed by atoms with Crippen LogP contribution in [0.4, 0.5) is 0 Å². The fourth-order valence-electron chi connectivity index (χ4n) is 4.53. The van der Waals surface area contributed by atoms with Crippen LogP contribution in [0.2, 0.25) is 5.02 Å². The molecule has 0 bridgehead atoms. The Morgan fingerprint density at radius 3 is 2.52 bits per heavy atom. The van der Waals surface area contributed by atoms with Crippen molar-refractivity contribution in [1.82, 2.24) is 16.0 Å². The van der Waals surface area contributed by atoms with Gasteiger partial charge in [-0.25, -0.2) is 0 Å². The van der Waals surface area contributed by atoms with E-state index in [-0.39, 0.29) is 29.1 Å². The Kier molecular flexibility index (Phi) is 6.04. The molecule has 1 atom stereocenters. The van der Waals surface area contributed by atoms with Crippen LogP contribution >= 0.6 is 11.6 Å². The number of halogens is 1. The van der Waals surface area contributed by atoms with Gasteiger partial charge in [-0.3, -0.25) is 4.79 Å². The van der Waals surface area contributed by atoms with Crippen molar-refractivity contribution in [2.24, 2.45) is 0 Å². The van der Waals surface area contributed by atoms with Gasteiger partial charge >= 0.3 is 0 Å². The number of piperidine rings is 2. The molecule has 27 heavy (non-hydrogen) atoms. The number of rotatable bonds is 4. The summed E-state index contributed by atoms with van der Waals surface area (Å²) >= 11 is 6.39. The molecule has 1 aromatic carbocycles. The molecule has 2 heterocycles. The van der Waals surface area contributed by atoms with Crippen molar-refractivity contribution in [1.29, 1.82) is 0 Å². The number of nitrogens with one attached hydrogen (secondary N) is 3. The molecule has 150 valence electrons. The lowest BCUT2D eigenvalue weighted by Gasteiger charge is -2.46. The van der Waals surface area contributed by atoms with Crippen molar-refractivity contribution in [2.45, 2.75) is 76.6 Å². The van der Waals surface area contributed by atoms with E-state index in [1.54, 1.807) is 12.1 Å². The standard InChI is InChI=1S/C21H32ClN3O2/c1-20(2)11-15(12-21(3,4)25-20)24-19(26)14-7-8-18(17(22)10-14)27-16-6-5-9-23-13-16/h7-8,10,15-16,23,25H,5-6,9,11-13H2,1-4H3,(H,24,26). The SMILES string of the molecule is CC1(C)CC(NC(=O)c2ccc(OC3CCCNC3)c(Cl)c2)CC(C)(C)N1. The van der Waals surface area contributed by atoms with Gasteiger partial charge in [-0.15, -0.1) is 0 Å². The van der Waals surface area contributed by atoms with E-state index in [0.29, 0.717) is 16.3 Å². The molecular formula is C21H32ClN3O2. The molecule has 0 radical (unpaired) electrons. The number of amides is 1. The van der Waals surface area contributed by atoms with E-state index < -0.39 is 0 Å². The van der Waals surface area contributed by atoms with Crippen molar-refractivity contribution >= 4 is 17.5 Å². The normalized spacial score (nSPS) is 25.0. The molecule has 2 aliphatic heterocycles. The summed E-state index contributed by atoms with van der Waals surface area (Å²) < 4.78 is 5.99. The van der Waals surface area contributed by atoms with Crippen LogP contribution in [0.25, 0.3) is 0 Å². The first-order valence-electron chi connectivity index (χ1n) is 9.91. The lowest BCUT2D eigenvalue weighted by molar-refractivity contribution is 0.0873. The van der Waals surface area contributed by atoms with Crippen molar-refractivity contribution in [3.63, 3.8) is 0 Å². The molecule has 2 saturated heterocycles. The third kappa shape index (κ3) is 5.59. The van der Waals surface area contributed by atoms with E-state index in [2.05, 4.69) is 43.6 Å². The maximum absolute atomic E-state index is 12.7. The van der Waals surface area contributed by atoms with E-state index in [1.807, 2.05) is 6.07 Å².